The molecule has 1 aliphatic carbocycles. The van der Waals surface area contributed by atoms with Crippen LogP contribution >= 0.6 is 11.6 Å². The van der Waals surface area contributed by atoms with Gasteiger partial charge in [-0.2, -0.15) is 18.4 Å². The van der Waals surface area contributed by atoms with E-state index in [1.165, 1.54) is 34.6 Å². The minimum absolute atomic E-state index is 0.0127. The monoisotopic (exact) mass is 678 g/mol. The van der Waals surface area contributed by atoms with Crippen molar-refractivity contribution in [1.29, 1.82) is 5.26 Å². The maximum Gasteiger partial charge on any atom is 0.417 e. The molecule has 0 radical (unpaired) electrons. The second-order valence-corrected chi connectivity index (χ2v) is 16.1. The Bertz CT molecular complexity index is 1940. The summed E-state index contributed by atoms with van der Waals surface area (Å²) in [6.07, 6.45) is -2.11. The predicted octanol–water partition coefficient (Wildman–Crippen LogP) is 4.99. The quantitative estimate of drug-likeness (QED) is 0.388. The number of amides is 1. The Morgan fingerprint density at radius 3 is 2.36 bits per heavy atom. The molecule has 0 unspecified atom stereocenters. The highest BCUT2D eigenvalue weighted by Gasteiger charge is 2.60. The van der Waals surface area contributed by atoms with Gasteiger partial charge in [0.2, 0.25) is 0 Å². The first-order valence-electron chi connectivity index (χ1n) is 14.1. The molecular weight excluding hydrogens is 653 g/mol. The van der Waals surface area contributed by atoms with E-state index in [9.17, 15) is 40.1 Å². The van der Waals surface area contributed by atoms with E-state index >= 15 is 0 Å². The molecule has 2 aromatic carbocycles. The summed E-state index contributed by atoms with van der Waals surface area (Å²) in [7, 11) is -7.50. The van der Waals surface area contributed by atoms with E-state index in [0.29, 0.717) is 23.0 Å². The zero-order valence-electron chi connectivity index (χ0n) is 23.5. The van der Waals surface area contributed by atoms with Crippen molar-refractivity contribution >= 4 is 43.1 Å². The third kappa shape index (κ3) is 5.66. The lowest BCUT2D eigenvalue weighted by Gasteiger charge is -2.41. The van der Waals surface area contributed by atoms with Crippen molar-refractivity contribution < 1.29 is 34.8 Å². The Labute approximate surface area is 263 Å². The Kier molecular flexibility index (Phi) is 7.65. The Balaban J connectivity index is 1.38. The van der Waals surface area contributed by atoms with Crippen molar-refractivity contribution in [3.05, 3.63) is 87.7 Å². The molecule has 236 valence electrons. The maximum atomic E-state index is 14.2. The Morgan fingerprint density at radius 1 is 1.11 bits per heavy atom. The molecule has 15 heteroatoms. The Hall–Kier alpha value is -3.67. The molecule has 1 atom stereocenters. The fourth-order valence-corrected chi connectivity index (χ4v) is 10.0. The fraction of sp³-hybridized carbons (Fsp3) is 0.367. The molecule has 3 aromatic rings. The van der Waals surface area contributed by atoms with Crippen LogP contribution < -0.4 is 9.62 Å². The minimum atomic E-state index is -4.63. The topological polar surface area (TPSA) is 137 Å². The van der Waals surface area contributed by atoms with Gasteiger partial charge in [-0.25, -0.2) is 16.8 Å². The highest BCUT2D eigenvalue weighted by atomic mass is 35.5. The van der Waals surface area contributed by atoms with E-state index in [2.05, 4.69) is 10.3 Å². The van der Waals surface area contributed by atoms with E-state index in [-0.39, 0.29) is 58.0 Å². The van der Waals surface area contributed by atoms with E-state index < -0.39 is 49.0 Å². The molecule has 45 heavy (non-hydrogen) atoms. The fourth-order valence-electron chi connectivity index (χ4n) is 6.44. The first kappa shape index (κ1) is 31.3. The predicted molar refractivity (Wildman–Crippen MR) is 159 cm³/mol. The molecule has 1 N–H and O–H groups in total. The first-order chi connectivity index (χ1) is 21.2. The van der Waals surface area contributed by atoms with Crippen LogP contribution in [0, 0.1) is 17.2 Å². The van der Waals surface area contributed by atoms with Crippen molar-refractivity contribution in [3.63, 3.8) is 0 Å². The van der Waals surface area contributed by atoms with Gasteiger partial charge in [0.15, 0.2) is 0 Å². The third-order valence-corrected chi connectivity index (χ3v) is 12.6. The van der Waals surface area contributed by atoms with Crippen LogP contribution in [0.5, 0.6) is 0 Å². The third-order valence-electron chi connectivity index (χ3n) is 8.84. The summed E-state index contributed by atoms with van der Waals surface area (Å²) in [4.78, 5) is 17.0. The molecule has 1 saturated heterocycles. The molecule has 6 rings (SSSR count). The average molecular weight is 679 g/mol. The van der Waals surface area contributed by atoms with Crippen LogP contribution in [0.15, 0.2) is 59.6 Å². The normalized spacial score (nSPS) is 20.4. The number of anilines is 1. The van der Waals surface area contributed by atoms with Crippen LogP contribution in [0.1, 0.15) is 58.4 Å². The van der Waals surface area contributed by atoms with Gasteiger partial charge in [-0.15, -0.1) is 0 Å². The summed E-state index contributed by atoms with van der Waals surface area (Å²) in [5, 5.41) is 11.5. The summed E-state index contributed by atoms with van der Waals surface area (Å²) in [6, 6.07) is 12.3. The molecule has 9 nitrogen and oxygen atoms in total. The van der Waals surface area contributed by atoms with Crippen molar-refractivity contribution in [2.75, 3.05) is 15.8 Å². The number of hydrogen-bond acceptors (Lipinski definition) is 7. The van der Waals surface area contributed by atoms with Crippen LogP contribution in [0.3, 0.4) is 0 Å². The number of pyridine rings is 1. The maximum absolute atomic E-state index is 14.2. The van der Waals surface area contributed by atoms with Crippen molar-refractivity contribution in [3.8, 4) is 6.07 Å². The number of carbonyl (C=O) groups is 1. The summed E-state index contributed by atoms with van der Waals surface area (Å²) >= 11 is 6.00. The van der Waals surface area contributed by atoms with Gasteiger partial charge in [-0.05, 0) is 85.7 Å². The summed E-state index contributed by atoms with van der Waals surface area (Å²) in [5.74, 6) is -0.869. The van der Waals surface area contributed by atoms with Gasteiger partial charge in [0.25, 0.3) is 15.9 Å². The number of aromatic nitrogens is 1. The number of sulfonamides is 1. The van der Waals surface area contributed by atoms with Gasteiger partial charge in [-0.3, -0.25) is 14.1 Å². The number of nitrogens with one attached hydrogen (secondary N) is 1. The molecule has 2 aliphatic heterocycles. The molecule has 2 fully saturated rings. The number of hydrogen-bond donors (Lipinski definition) is 1. The molecule has 1 amide bonds. The molecule has 0 bridgehead atoms. The van der Waals surface area contributed by atoms with E-state index in [1.807, 2.05) is 6.07 Å². The van der Waals surface area contributed by atoms with Gasteiger partial charge >= 0.3 is 6.18 Å². The summed E-state index contributed by atoms with van der Waals surface area (Å²) < 4.78 is 94.0. The summed E-state index contributed by atoms with van der Waals surface area (Å²) in [5.41, 5.74) is -0.475. The van der Waals surface area contributed by atoms with Crippen molar-refractivity contribution in [1.82, 2.24) is 10.3 Å². The number of rotatable bonds is 6. The largest absolute Gasteiger partial charge is 0.417 e. The standard InChI is InChI=1S/C30H26ClF3N4O5S2/c31-24-14-21(30(32,33)34)16-36-25(24)17-37-28(39)20-5-8-26-23(13-20)29(9-11-44(40,41)12-10-29)27(19-3-4-19)38(26)45(42,43)22-6-1-18(15-35)2-7-22/h1-2,5-8,13-14,16,19,27H,3-4,9-12,17H2,(H,37,39)/t27-/m1/s1. The second kappa shape index (κ2) is 11.0. The molecule has 3 aliphatic rings. The molecule has 1 spiro atoms. The van der Waals surface area contributed by atoms with Crippen LogP contribution in [0.25, 0.3) is 0 Å². The SMILES string of the molecule is N#Cc1ccc(S(=O)(=O)N2c3ccc(C(=O)NCc4ncc(C(F)(F)F)cc4Cl)cc3C3(CCS(=O)(=O)CC3)[C@H]2C2CC2)cc1. The van der Waals surface area contributed by atoms with Gasteiger partial charge in [0.1, 0.15) is 9.84 Å². The van der Waals surface area contributed by atoms with Gasteiger partial charge in [-0.1, -0.05) is 11.6 Å². The number of sulfone groups is 1. The number of benzene rings is 2. The molecular formula is C30H26ClF3N4O5S2. The number of nitrogens with zero attached hydrogens (tertiary/aromatic N) is 3. The minimum Gasteiger partial charge on any atom is -0.346 e. The summed E-state index contributed by atoms with van der Waals surface area (Å²) in [6.45, 7) is -0.264. The average Bonchev–Trinajstić information content (AvgIpc) is 3.80. The van der Waals surface area contributed by atoms with E-state index in [4.69, 9.17) is 11.6 Å². The smallest absolute Gasteiger partial charge is 0.346 e. The highest BCUT2D eigenvalue weighted by molar-refractivity contribution is 7.93. The van der Waals surface area contributed by atoms with Gasteiger partial charge in [0, 0.05) is 17.2 Å². The van der Waals surface area contributed by atoms with E-state index in [1.54, 1.807) is 12.1 Å². The van der Waals surface area contributed by atoms with Crippen molar-refractivity contribution in [2.24, 2.45) is 5.92 Å². The number of fused-ring (bicyclic) bond motifs is 2. The van der Waals surface area contributed by atoms with Crippen LogP contribution in [0.2, 0.25) is 5.02 Å². The zero-order chi connectivity index (χ0) is 32.4. The number of alkyl halides is 3. The molecule has 3 heterocycles. The molecule has 1 aromatic heterocycles. The van der Waals surface area contributed by atoms with Crippen LogP contribution in [-0.4, -0.2) is 45.3 Å². The number of halogens is 4. The van der Waals surface area contributed by atoms with Crippen molar-refractivity contribution in [2.45, 2.75) is 54.8 Å². The highest BCUT2D eigenvalue weighted by Crippen LogP contribution is 2.59. The lowest BCUT2D eigenvalue weighted by Crippen LogP contribution is -2.52. The van der Waals surface area contributed by atoms with Crippen LogP contribution in [0.4, 0.5) is 18.9 Å². The van der Waals surface area contributed by atoms with E-state index in [0.717, 1.165) is 18.9 Å². The number of carbonyl (C=O) groups excluding carboxylic acids is 1. The Morgan fingerprint density at radius 2 is 1.78 bits per heavy atom. The number of nitriles is 1. The van der Waals surface area contributed by atoms with Gasteiger partial charge < -0.3 is 5.32 Å². The lowest BCUT2D eigenvalue weighted by molar-refractivity contribution is -0.137. The van der Waals surface area contributed by atoms with Crippen LogP contribution in [-0.2, 0) is 38.0 Å². The lowest BCUT2D eigenvalue weighted by atomic mass is 9.70. The zero-order valence-corrected chi connectivity index (χ0v) is 25.9. The second-order valence-electron chi connectivity index (χ2n) is 11.6. The molecule has 1 saturated carbocycles. The van der Waals surface area contributed by atoms with Gasteiger partial charge in [0.05, 0.1) is 62.6 Å². The first-order valence-corrected chi connectivity index (χ1v) is 17.7.